The van der Waals surface area contributed by atoms with Crippen LogP contribution in [0.5, 0.6) is 0 Å². The molecule has 0 N–H and O–H groups in total. The average molecular weight is 416 g/mol. The highest BCUT2D eigenvalue weighted by atomic mass is 19.1. The molecule has 0 radical (unpaired) electrons. The van der Waals surface area contributed by atoms with Gasteiger partial charge in [-0.2, -0.15) is 0 Å². The molecule has 152 valence electrons. The van der Waals surface area contributed by atoms with Gasteiger partial charge in [-0.05, 0) is 90.0 Å². The zero-order chi connectivity index (χ0) is 22.0. The van der Waals surface area contributed by atoms with Gasteiger partial charge in [0, 0.05) is 22.3 Å². The van der Waals surface area contributed by atoms with Crippen LogP contribution in [0.2, 0.25) is 0 Å². The van der Waals surface area contributed by atoms with Crippen LogP contribution < -0.4 is 0 Å². The van der Waals surface area contributed by atoms with E-state index in [0.29, 0.717) is 11.1 Å². The second-order valence-electron chi connectivity index (χ2n) is 6.98. The lowest BCUT2D eigenvalue weighted by atomic mass is 9.92. The molecule has 0 spiro atoms. The Labute approximate surface area is 176 Å². The van der Waals surface area contributed by atoms with Crippen molar-refractivity contribution in [3.05, 3.63) is 131 Å². The van der Waals surface area contributed by atoms with E-state index in [1.54, 1.807) is 24.3 Å². The summed E-state index contributed by atoms with van der Waals surface area (Å²) in [6.45, 7) is 0. The third-order valence-electron chi connectivity index (χ3n) is 4.85. The molecule has 0 unspecified atom stereocenters. The van der Waals surface area contributed by atoms with Crippen molar-refractivity contribution in [3.63, 3.8) is 0 Å². The lowest BCUT2D eigenvalue weighted by Gasteiger charge is -2.10. The van der Waals surface area contributed by atoms with Crippen molar-refractivity contribution in [1.82, 2.24) is 0 Å². The van der Waals surface area contributed by atoms with Gasteiger partial charge in [0.2, 0.25) is 0 Å². The van der Waals surface area contributed by atoms with Crippen molar-refractivity contribution in [3.8, 4) is 11.1 Å². The van der Waals surface area contributed by atoms with Gasteiger partial charge in [0.25, 0.3) is 0 Å². The maximum atomic E-state index is 13.4. The van der Waals surface area contributed by atoms with Crippen molar-refractivity contribution >= 4 is 11.6 Å². The van der Waals surface area contributed by atoms with Crippen molar-refractivity contribution in [2.45, 2.75) is 0 Å². The topological polar surface area (TPSA) is 34.1 Å². The molecular weight excluding hydrogens is 401 g/mol. The van der Waals surface area contributed by atoms with Crippen LogP contribution >= 0.6 is 0 Å². The molecule has 0 saturated heterocycles. The van der Waals surface area contributed by atoms with Crippen LogP contribution in [-0.4, -0.2) is 11.6 Å². The predicted octanol–water partition coefficient (Wildman–Crippen LogP) is 6.23. The molecule has 0 fully saturated rings. The summed E-state index contributed by atoms with van der Waals surface area (Å²) in [7, 11) is 0. The fraction of sp³-hybridized carbons (Fsp3) is 0. The van der Waals surface area contributed by atoms with Gasteiger partial charge in [-0.1, -0.05) is 12.1 Å². The Morgan fingerprint density at radius 3 is 1.16 bits per heavy atom. The van der Waals surface area contributed by atoms with Crippen molar-refractivity contribution in [1.29, 1.82) is 0 Å². The second kappa shape index (κ2) is 8.40. The van der Waals surface area contributed by atoms with Crippen molar-refractivity contribution in [2.75, 3.05) is 0 Å². The molecule has 2 nitrogen and oxygen atoms in total. The van der Waals surface area contributed by atoms with Crippen LogP contribution in [0.4, 0.5) is 13.2 Å². The van der Waals surface area contributed by atoms with Crippen LogP contribution in [0.1, 0.15) is 31.8 Å². The number of hydrogen-bond acceptors (Lipinski definition) is 2. The highest BCUT2D eigenvalue weighted by Crippen LogP contribution is 2.26. The van der Waals surface area contributed by atoms with E-state index in [0.717, 1.165) is 0 Å². The Balaban J connectivity index is 1.83. The lowest BCUT2D eigenvalue weighted by molar-refractivity contribution is 0.103. The summed E-state index contributed by atoms with van der Waals surface area (Å²) in [6, 6.07) is 20.5. The van der Waals surface area contributed by atoms with Crippen LogP contribution in [0.3, 0.4) is 0 Å². The fourth-order valence-electron chi connectivity index (χ4n) is 3.23. The van der Waals surface area contributed by atoms with E-state index >= 15 is 0 Å². The van der Waals surface area contributed by atoms with Crippen LogP contribution in [0, 0.1) is 17.5 Å². The maximum Gasteiger partial charge on any atom is 0.193 e. The molecule has 0 aromatic heterocycles. The molecule has 0 aliphatic heterocycles. The first-order valence-electron chi connectivity index (χ1n) is 9.42. The van der Waals surface area contributed by atoms with Gasteiger partial charge in [0.1, 0.15) is 17.5 Å². The Morgan fingerprint density at radius 1 is 0.419 bits per heavy atom. The first kappa shape index (κ1) is 20.3. The molecule has 0 bridgehead atoms. The Morgan fingerprint density at radius 2 is 0.774 bits per heavy atom. The predicted molar refractivity (Wildman–Crippen MR) is 112 cm³/mol. The first-order chi connectivity index (χ1) is 14.9. The normalized spacial score (nSPS) is 10.7. The number of hydrogen-bond donors (Lipinski definition) is 0. The van der Waals surface area contributed by atoms with Gasteiger partial charge in [-0.3, -0.25) is 9.59 Å². The van der Waals surface area contributed by atoms with Gasteiger partial charge >= 0.3 is 0 Å². The summed E-state index contributed by atoms with van der Waals surface area (Å²) in [5.74, 6) is -2.13. The van der Waals surface area contributed by atoms with E-state index in [4.69, 9.17) is 0 Å². The monoisotopic (exact) mass is 416 g/mol. The molecule has 0 atom stereocenters. The summed E-state index contributed by atoms with van der Waals surface area (Å²) in [5.41, 5.74) is 2.12. The van der Waals surface area contributed by atoms with Crippen LogP contribution in [0.25, 0.3) is 11.1 Å². The third kappa shape index (κ3) is 4.46. The van der Waals surface area contributed by atoms with E-state index in [1.807, 2.05) is 0 Å². The molecule has 31 heavy (non-hydrogen) atoms. The van der Waals surface area contributed by atoms with Gasteiger partial charge in [-0.15, -0.1) is 0 Å². The number of ketones is 2. The van der Waals surface area contributed by atoms with E-state index in [1.165, 1.54) is 66.7 Å². The highest BCUT2D eigenvalue weighted by molar-refractivity contribution is 6.14. The summed E-state index contributed by atoms with van der Waals surface area (Å²) in [5, 5.41) is 0. The smallest absolute Gasteiger partial charge is 0.193 e. The quantitative estimate of drug-likeness (QED) is 0.361. The molecule has 4 rings (SSSR count). The zero-order valence-corrected chi connectivity index (χ0v) is 16.1. The third-order valence-corrected chi connectivity index (χ3v) is 4.85. The lowest BCUT2D eigenvalue weighted by Crippen LogP contribution is -2.07. The molecular formula is C26H15F3O2. The van der Waals surface area contributed by atoms with Gasteiger partial charge < -0.3 is 0 Å². The van der Waals surface area contributed by atoms with Crippen molar-refractivity contribution < 1.29 is 22.8 Å². The van der Waals surface area contributed by atoms with Gasteiger partial charge in [0.15, 0.2) is 11.6 Å². The molecule has 0 aliphatic carbocycles. The Hall–Kier alpha value is -3.99. The van der Waals surface area contributed by atoms with Gasteiger partial charge in [0.05, 0.1) is 0 Å². The maximum absolute atomic E-state index is 13.4. The van der Waals surface area contributed by atoms with E-state index < -0.39 is 29.0 Å². The van der Waals surface area contributed by atoms with Crippen LogP contribution in [0.15, 0.2) is 91.0 Å². The SMILES string of the molecule is O=C(c1ccc(F)cc1)c1cc(C(=O)c2ccc(F)cc2)cc(-c2ccc(F)cc2)c1. The second-order valence-corrected chi connectivity index (χ2v) is 6.98. The number of halogens is 3. The number of carbonyl (C=O) groups excluding carboxylic acids is 2. The Kier molecular flexibility index (Phi) is 5.50. The largest absolute Gasteiger partial charge is 0.289 e. The first-order valence-corrected chi connectivity index (χ1v) is 9.42. The standard InChI is InChI=1S/C26H15F3O2/c27-22-7-1-16(2-8-22)19-13-20(25(30)17-3-9-23(28)10-4-17)15-21(14-19)26(31)18-5-11-24(29)12-6-18/h1-15H. The highest BCUT2D eigenvalue weighted by Gasteiger charge is 2.17. The minimum absolute atomic E-state index is 0.221. The molecule has 4 aromatic carbocycles. The van der Waals surface area contributed by atoms with E-state index in [-0.39, 0.29) is 22.3 Å². The Bertz CT molecular complexity index is 1180. The number of carbonyl (C=O) groups is 2. The fourth-order valence-corrected chi connectivity index (χ4v) is 3.23. The summed E-state index contributed by atoms with van der Waals surface area (Å²) >= 11 is 0. The van der Waals surface area contributed by atoms with Gasteiger partial charge in [-0.25, -0.2) is 13.2 Å². The van der Waals surface area contributed by atoms with Crippen LogP contribution in [-0.2, 0) is 0 Å². The molecule has 0 aliphatic rings. The molecule has 0 amide bonds. The minimum Gasteiger partial charge on any atom is -0.289 e. The summed E-state index contributed by atoms with van der Waals surface area (Å²) < 4.78 is 39.8. The van der Waals surface area contributed by atoms with E-state index in [9.17, 15) is 22.8 Å². The molecule has 5 heteroatoms. The molecule has 4 aromatic rings. The average Bonchev–Trinajstić information content (AvgIpc) is 2.79. The summed E-state index contributed by atoms with van der Waals surface area (Å²) in [6.07, 6.45) is 0. The van der Waals surface area contributed by atoms with E-state index in [2.05, 4.69) is 0 Å². The molecule has 0 saturated carbocycles. The summed E-state index contributed by atoms with van der Waals surface area (Å²) in [4.78, 5) is 26.0. The van der Waals surface area contributed by atoms with Crippen molar-refractivity contribution in [2.24, 2.45) is 0 Å². The zero-order valence-electron chi connectivity index (χ0n) is 16.1. The number of rotatable bonds is 5. The number of benzene rings is 4. The minimum atomic E-state index is -0.469. The molecule has 0 heterocycles.